The van der Waals surface area contributed by atoms with Crippen molar-refractivity contribution in [3.8, 4) is 0 Å². The molecule has 0 aliphatic carbocycles. The number of thioether (sulfide) groups is 1. The third-order valence-corrected chi connectivity index (χ3v) is 5.08. The first-order valence-electron chi connectivity index (χ1n) is 6.20. The topological polar surface area (TPSA) is 86.2 Å². The molecular formula is C12H24N2O2S. The van der Waals surface area contributed by atoms with Gasteiger partial charge in [0.25, 0.3) is 0 Å². The van der Waals surface area contributed by atoms with Crippen molar-refractivity contribution in [2.45, 2.75) is 62.9 Å². The van der Waals surface area contributed by atoms with E-state index < -0.39 is 4.75 Å². The van der Waals surface area contributed by atoms with Gasteiger partial charge in [0.2, 0.25) is 11.8 Å². The van der Waals surface area contributed by atoms with E-state index in [1.165, 1.54) is 11.8 Å². The molecule has 4 N–H and O–H groups in total. The van der Waals surface area contributed by atoms with Crippen LogP contribution in [0.2, 0.25) is 0 Å². The first-order valence-corrected chi connectivity index (χ1v) is 7.08. The number of carbonyl (C=O) groups excluding carboxylic acids is 2. The van der Waals surface area contributed by atoms with Crippen LogP contribution in [0.15, 0.2) is 0 Å². The summed E-state index contributed by atoms with van der Waals surface area (Å²) in [6, 6.07) is 0. The molecule has 0 heterocycles. The summed E-state index contributed by atoms with van der Waals surface area (Å²) >= 11 is 1.34. The number of nitrogens with two attached hydrogens (primary N) is 2. The minimum Gasteiger partial charge on any atom is -0.369 e. The minimum absolute atomic E-state index is 0.317. The van der Waals surface area contributed by atoms with Gasteiger partial charge in [0.15, 0.2) is 0 Å². The summed E-state index contributed by atoms with van der Waals surface area (Å²) in [7, 11) is 0. The number of amides is 2. The highest BCUT2D eigenvalue weighted by molar-refractivity contribution is 8.02. The second-order valence-corrected chi connectivity index (χ2v) is 5.80. The minimum atomic E-state index is -0.659. The Labute approximate surface area is 108 Å². The SMILES string of the molecule is CCCCC(SC(CC)(CC)C(N)=O)C(N)=O. The van der Waals surface area contributed by atoms with E-state index in [-0.39, 0.29) is 17.1 Å². The lowest BCUT2D eigenvalue weighted by Crippen LogP contribution is -2.43. The van der Waals surface area contributed by atoms with Gasteiger partial charge < -0.3 is 11.5 Å². The van der Waals surface area contributed by atoms with E-state index in [4.69, 9.17) is 11.5 Å². The molecule has 0 spiro atoms. The van der Waals surface area contributed by atoms with Crippen LogP contribution in [-0.2, 0) is 9.59 Å². The van der Waals surface area contributed by atoms with Gasteiger partial charge in [-0.3, -0.25) is 9.59 Å². The summed E-state index contributed by atoms with van der Waals surface area (Å²) in [5, 5.41) is -0.317. The smallest absolute Gasteiger partial charge is 0.233 e. The molecule has 0 aliphatic rings. The predicted octanol–water partition coefficient (Wildman–Crippen LogP) is 1.81. The summed E-state index contributed by atoms with van der Waals surface area (Å²) in [6.07, 6.45) is 3.90. The monoisotopic (exact) mass is 260 g/mol. The first-order chi connectivity index (χ1) is 7.93. The Hall–Kier alpha value is -0.710. The van der Waals surface area contributed by atoms with Gasteiger partial charge in [-0.2, -0.15) is 0 Å². The van der Waals surface area contributed by atoms with Gasteiger partial charge in [-0.05, 0) is 19.3 Å². The number of rotatable bonds is 9. The van der Waals surface area contributed by atoms with Crippen molar-refractivity contribution in [1.82, 2.24) is 0 Å². The summed E-state index contributed by atoms with van der Waals surface area (Å²) in [4.78, 5) is 23.0. The van der Waals surface area contributed by atoms with Gasteiger partial charge in [0, 0.05) is 0 Å². The molecule has 1 unspecified atom stereocenters. The molecule has 100 valence electrons. The molecule has 2 amide bonds. The van der Waals surface area contributed by atoms with Crippen molar-refractivity contribution in [1.29, 1.82) is 0 Å². The molecule has 0 rings (SSSR count). The zero-order valence-electron chi connectivity index (χ0n) is 11.0. The number of unbranched alkanes of at least 4 members (excludes halogenated alkanes) is 1. The van der Waals surface area contributed by atoms with Crippen LogP contribution >= 0.6 is 11.8 Å². The van der Waals surface area contributed by atoms with Gasteiger partial charge in [-0.25, -0.2) is 0 Å². The molecule has 5 heteroatoms. The number of hydrogen-bond donors (Lipinski definition) is 2. The zero-order valence-corrected chi connectivity index (χ0v) is 11.8. The molecule has 17 heavy (non-hydrogen) atoms. The molecule has 0 bridgehead atoms. The van der Waals surface area contributed by atoms with Gasteiger partial charge in [0.1, 0.15) is 0 Å². The molecule has 0 aromatic carbocycles. The predicted molar refractivity (Wildman–Crippen MR) is 72.6 cm³/mol. The lowest BCUT2D eigenvalue weighted by Gasteiger charge is -2.30. The van der Waals surface area contributed by atoms with Crippen LogP contribution in [0.5, 0.6) is 0 Å². The molecule has 1 atom stereocenters. The maximum absolute atomic E-state index is 11.6. The quantitative estimate of drug-likeness (QED) is 0.663. The van der Waals surface area contributed by atoms with Crippen LogP contribution in [0.25, 0.3) is 0 Å². The van der Waals surface area contributed by atoms with Crippen LogP contribution in [0.1, 0.15) is 52.9 Å². The van der Waals surface area contributed by atoms with Gasteiger partial charge in [-0.1, -0.05) is 33.6 Å². The Bertz CT molecular complexity index is 265. The van der Waals surface area contributed by atoms with Crippen molar-refractivity contribution >= 4 is 23.6 Å². The van der Waals surface area contributed by atoms with Crippen molar-refractivity contribution in [2.24, 2.45) is 11.5 Å². The largest absolute Gasteiger partial charge is 0.369 e. The standard InChI is InChI=1S/C12H24N2O2S/c1-4-7-8-9(10(13)15)17-12(5-2,6-3)11(14)16/h9H,4-8H2,1-3H3,(H2,13,15)(H2,14,16). The fourth-order valence-electron chi connectivity index (χ4n) is 1.74. The lowest BCUT2D eigenvalue weighted by atomic mass is 10.0. The highest BCUT2D eigenvalue weighted by atomic mass is 32.2. The fraction of sp³-hybridized carbons (Fsp3) is 0.833. The molecule has 4 nitrogen and oxygen atoms in total. The Morgan fingerprint density at radius 1 is 1.18 bits per heavy atom. The third kappa shape index (κ3) is 4.58. The Morgan fingerprint density at radius 3 is 2.00 bits per heavy atom. The maximum atomic E-state index is 11.6. The maximum Gasteiger partial charge on any atom is 0.233 e. The Morgan fingerprint density at radius 2 is 1.71 bits per heavy atom. The average Bonchev–Trinajstić information content (AvgIpc) is 2.29. The number of carbonyl (C=O) groups is 2. The van der Waals surface area contributed by atoms with Crippen molar-refractivity contribution in [3.05, 3.63) is 0 Å². The summed E-state index contributed by atoms with van der Waals surface area (Å²) in [5.41, 5.74) is 10.8. The average molecular weight is 260 g/mol. The lowest BCUT2D eigenvalue weighted by molar-refractivity contribution is -0.120. The highest BCUT2D eigenvalue weighted by Gasteiger charge is 2.37. The zero-order chi connectivity index (χ0) is 13.5. The molecule has 0 aromatic rings. The molecule has 0 fully saturated rings. The molecule has 0 saturated carbocycles. The molecule has 0 saturated heterocycles. The van der Waals surface area contributed by atoms with E-state index in [2.05, 4.69) is 6.92 Å². The molecule has 0 aliphatic heterocycles. The summed E-state index contributed by atoms with van der Waals surface area (Å²) in [5.74, 6) is -0.703. The van der Waals surface area contributed by atoms with Gasteiger partial charge >= 0.3 is 0 Å². The van der Waals surface area contributed by atoms with Crippen LogP contribution in [0, 0.1) is 0 Å². The van der Waals surface area contributed by atoms with Crippen molar-refractivity contribution in [3.63, 3.8) is 0 Å². The van der Waals surface area contributed by atoms with Gasteiger partial charge in [-0.15, -0.1) is 11.8 Å². The highest BCUT2D eigenvalue weighted by Crippen LogP contribution is 2.37. The van der Waals surface area contributed by atoms with E-state index in [1.54, 1.807) is 0 Å². The van der Waals surface area contributed by atoms with E-state index >= 15 is 0 Å². The first kappa shape index (κ1) is 16.3. The van der Waals surface area contributed by atoms with Crippen LogP contribution in [-0.4, -0.2) is 21.8 Å². The number of primary amides is 2. The molecular weight excluding hydrogens is 236 g/mol. The second-order valence-electron chi connectivity index (χ2n) is 4.22. The van der Waals surface area contributed by atoms with E-state index in [0.717, 1.165) is 12.8 Å². The summed E-state index contributed by atoms with van der Waals surface area (Å²) in [6.45, 7) is 5.89. The van der Waals surface area contributed by atoms with E-state index in [0.29, 0.717) is 19.3 Å². The van der Waals surface area contributed by atoms with Crippen LogP contribution < -0.4 is 11.5 Å². The second kappa shape index (κ2) is 7.58. The number of hydrogen-bond acceptors (Lipinski definition) is 3. The van der Waals surface area contributed by atoms with E-state index in [9.17, 15) is 9.59 Å². The van der Waals surface area contributed by atoms with Gasteiger partial charge in [0.05, 0.1) is 10.00 Å². The summed E-state index contributed by atoms with van der Waals surface area (Å²) < 4.78 is -0.659. The molecule has 0 aromatic heterocycles. The van der Waals surface area contributed by atoms with Crippen molar-refractivity contribution < 1.29 is 9.59 Å². The molecule has 0 radical (unpaired) electrons. The van der Waals surface area contributed by atoms with E-state index in [1.807, 2.05) is 13.8 Å². The van der Waals surface area contributed by atoms with Crippen molar-refractivity contribution in [2.75, 3.05) is 0 Å². The normalized spacial score (nSPS) is 13.4. The fourth-order valence-corrected chi connectivity index (χ4v) is 3.14. The third-order valence-electron chi connectivity index (χ3n) is 3.10. The van der Waals surface area contributed by atoms with Crippen LogP contribution in [0.4, 0.5) is 0 Å². The Kier molecular flexibility index (Phi) is 7.27. The Balaban J connectivity index is 4.79. The van der Waals surface area contributed by atoms with Crippen LogP contribution in [0.3, 0.4) is 0 Å².